The number of hydrogen-bond donors (Lipinski definition) is 2. The van der Waals surface area contributed by atoms with Crippen molar-refractivity contribution < 1.29 is 13.2 Å². The maximum absolute atomic E-state index is 12.3. The summed E-state index contributed by atoms with van der Waals surface area (Å²) in [5, 5.41) is 3.97. The highest BCUT2D eigenvalue weighted by molar-refractivity contribution is 7.89. The normalized spacial score (nSPS) is 24.5. The van der Waals surface area contributed by atoms with Gasteiger partial charge >= 0.3 is 0 Å². The standard InChI is InChI=1S/C11H20N4O3S/c1-11(3-2-6-18-9-11)14-19(16,17)10-7-13-15(8-10)5-4-12/h7-8,14H,2-6,9,12H2,1H3. The first kappa shape index (κ1) is 14.4. The Balaban J connectivity index is 2.12. The molecule has 2 rings (SSSR count). The van der Waals surface area contributed by atoms with Gasteiger partial charge in [0, 0.05) is 19.3 Å². The molecular formula is C11H20N4O3S. The van der Waals surface area contributed by atoms with Gasteiger partial charge in [0.25, 0.3) is 0 Å². The van der Waals surface area contributed by atoms with Gasteiger partial charge in [-0.15, -0.1) is 0 Å². The predicted octanol–water partition coefficient (Wildman–Crippen LogP) is -0.311. The lowest BCUT2D eigenvalue weighted by molar-refractivity contribution is 0.0386. The second kappa shape index (κ2) is 5.58. The summed E-state index contributed by atoms with van der Waals surface area (Å²) in [4.78, 5) is 0.160. The summed E-state index contributed by atoms with van der Waals surface area (Å²) in [6.07, 6.45) is 4.45. The van der Waals surface area contributed by atoms with Gasteiger partial charge < -0.3 is 10.5 Å². The lowest BCUT2D eigenvalue weighted by Crippen LogP contribution is -2.51. The Kier molecular flexibility index (Phi) is 4.24. The molecule has 0 radical (unpaired) electrons. The highest BCUT2D eigenvalue weighted by atomic mass is 32.2. The zero-order valence-corrected chi connectivity index (χ0v) is 11.8. The lowest BCUT2D eigenvalue weighted by atomic mass is 9.97. The van der Waals surface area contributed by atoms with Crippen LogP contribution in [0.1, 0.15) is 19.8 Å². The number of nitrogens with zero attached hydrogens (tertiary/aromatic N) is 2. The molecule has 2 heterocycles. The van der Waals surface area contributed by atoms with Gasteiger partial charge in [0.1, 0.15) is 4.90 Å². The van der Waals surface area contributed by atoms with Crippen LogP contribution in [0.25, 0.3) is 0 Å². The Morgan fingerprint density at radius 3 is 3.05 bits per heavy atom. The first-order valence-corrected chi connectivity index (χ1v) is 7.78. The van der Waals surface area contributed by atoms with Crippen LogP contribution in [0.5, 0.6) is 0 Å². The van der Waals surface area contributed by atoms with Crippen LogP contribution in [0.2, 0.25) is 0 Å². The van der Waals surface area contributed by atoms with Gasteiger partial charge in [-0.2, -0.15) is 5.10 Å². The summed E-state index contributed by atoms with van der Waals surface area (Å²) in [6, 6.07) is 0. The summed E-state index contributed by atoms with van der Waals surface area (Å²) in [5.74, 6) is 0. The molecule has 108 valence electrons. The second-order valence-corrected chi connectivity index (χ2v) is 6.73. The zero-order chi connectivity index (χ0) is 13.9. The van der Waals surface area contributed by atoms with E-state index >= 15 is 0 Å². The maximum atomic E-state index is 12.3. The van der Waals surface area contributed by atoms with E-state index < -0.39 is 15.6 Å². The van der Waals surface area contributed by atoms with E-state index in [-0.39, 0.29) is 4.90 Å². The van der Waals surface area contributed by atoms with Crippen LogP contribution in [0, 0.1) is 0 Å². The summed E-state index contributed by atoms with van der Waals surface area (Å²) < 4.78 is 34.1. The fourth-order valence-electron chi connectivity index (χ4n) is 2.14. The van der Waals surface area contributed by atoms with Crippen molar-refractivity contribution in [2.75, 3.05) is 19.8 Å². The van der Waals surface area contributed by atoms with Gasteiger partial charge in [-0.1, -0.05) is 0 Å². The summed E-state index contributed by atoms with van der Waals surface area (Å²) in [6.45, 7) is 3.85. The molecule has 1 aliphatic heterocycles. The Morgan fingerprint density at radius 1 is 1.63 bits per heavy atom. The van der Waals surface area contributed by atoms with E-state index in [1.54, 1.807) is 0 Å². The molecule has 1 unspecified atom stereocenters. The molecule has 1 fully saturated rings. The number of nitrogens with two attached hydrogens (primary N) is 1. The molecule has 0 saturated carbocycles. The Bertz CT molecular complexity index is 520. The van der Waals surface area contributed by atoms with Gasteiger partial charge in [-0.05, 0) is 19.8 Å². The summed E-state index contributed by atoms with van der Waals surface area (Å²) >= 11 is 0. The minimum atomic E-state index is -3.57. The number of sulfonamides is 1. The fourth-order valence-corrected chi connectivity index (χ4v) is 3.51. The molecule has 1 aromatic heterocycles. The molecule has 8 heteroatoms. The smallest absolute Gasteiger partial charge is 0.244 e. The summed E-state index contributed by atoms with van der Waals surface area (Å²) in [7, 11) is -3.57. The Hall–Kier alpha value is -0.960. The number of ether oxygens (including phenoxy) is 1. The van der Waals surface area contributed by atoms with E-state index in [1.807, 2.05) is 6.92 Å². The topological polar surface area (TPSA) is 99.2 Å². The van der Waals surface area contributed by atoms with Crippen molar-refractivity contribution in [2.24, 2.45) is 5.73 Å². The van der Waals surface area contributed by atoms with Crippen molar-refractivity contribution in [3.05, 3.63) is 12.4 Å². The molecule has 0 aromatic carbocycles. The van der Waals surface area contributed by atoms with Crippen LogP contribution in [0.3, 0.4) is 0 Å². The number of hydrogen-bond acceptors (Lipinski definition) is 5. The number of aromatic nitrogens is 2. The molecule has 7 nitrogen and oxygen atoms in total. The third-order valence-electron chi connectivity index (χ3n) is 3.10. The predicted molar refractivity (Wildman–Crippen MR) is 70.1 cm³/mol. The van der Waals surface area contributed by atoms with Gasteiger partial charge in [0.05, 0.1) is 24.9 Å². The molecule has 0 amide bonds. The van der Waals surface area contributed by atoms with Crippen molar-refractivity contribution >= 4 is 10.0 Å². The average Bonchev–Trinajstić information content (AvgIpc) is 2.78. The highest BCUT2D eigenvalue weighted by Gasteiger charge is 2.33. The SMILES string of the molecule is CC1(NS(=O)(=O)c2cnn(CCN)c2)CCCOC1. The summed E-state index contributed by atoms with van der Waals surface area (Å²) in [5.41, 5.74) is 4.86. The average molecular weight is 288 g/mol. The van der Waals surface area contributed by atoms with E-state index in [0.717, 1.165) is 12.8 Å². The minimum Gasteiger partial charge on any atom is -0.380 e. The number of rotatable bonds is 5. The van der Waals surface area contributed by atoms with Gasteiger partial charge in [-0.3, -0.25) is 4.68 Å². The molecular weight excluding hydrogens is 268 g/mol. The van der Waals surface area contributed by atoms with Crippen LogP contribution in [0.15, 0.2) is 17.3 Å². The third kappa shape index (κ3) is 3.53. The first-order chi connectivity index (χ1) is 8.95. The van der Waals surface area contributed by atoms with E-state index in [9.17, 15) is 8.42 Å². The zero-order valence-electron chi connectivity index (χ0n) is 11.0. The lowest BCUT2D eigenvalue weighted by Gasteiger charge is -2.33. The second-order valence-electron chi connectivity index (χ2n) is 5.05. The van der Waals surface area contributed by atoms with E-state index in [0.29, 0.717) is 26.3 Å². The molecule has 1 atom stereocenters. The van der Waals surface area contributed by atoms with Crippen molar-refractivity contribution in [3.8, 4) is 0 Å². The molecule has 3 N–H and O–H groups in total. The van der Waals surface area contributed by atoms with E-state index in [4.69, 9.17) is 10.5 Å². The van der Waals surface area contributed by atoms with Crippen LogP contribution in [0.4, 0.5) is 0 Å². The van der Waals surface area contributed by atoms with E-state index in [2.05, 4.69) is 9.82 Å². The first-order valence-electron chi connectivity index (χ1n) is 6.29. The van der Waals surface area contributed by atoms with E-state index in [1.165, 1.54) is 17.1 Å². The van der Waals surface area contributed by atoms with Crippen molar-refractivity contribution in [3.63, 3.8) is 0 Å². The molecule has 0 spiro atoms. The highest BCUT2D eigenvalue weighted by Crippen LogP contribution is 2.21. The quantitative estimate of drug-likeness (QED) is 0.774. The molecule has 19 heavy (non-hydrogen) atoms. The maximum Gasteiger partial charge on any atom is 0.244 e. The van der Waals surface area contributed by atoms with Crippen molar-refractivity contribution in [2.45, 2.75) is 36.7 Å². The van der Waals surface area contributed by atoms with Gasteiger partial charge in [0.2, 0.25) is 10.0 Å². The van der Waals surface area contributed by atoms with Gasteiger partial charge in [0.15, 0.2) is 0 Å². The Labute approximate surface area is 113 Å². The molecule has 1 aromatic rings. The Morgan fingerprint density at radius 2 is 2.42 bits per heavy atom. The third-order valence-corrected chi connectivity index (χ3v) is 4.69. The molecule has 0 bridgehead atoms. The van der Waals surface area contributed by atoms with Gasteiger partial charge in [-0.25, -0.2) is 13.1 Å². The molecule has 1 saturated heterocycles. The van der Waals surface area contributed by atoms with Crippen molar-refractivity contribution in [1.82, 2.24) is 14.5 Å². The minimum absolute atomic E-state index is 0.160. The fraction of sp³-hybridized carbons (Fsp3) is 0.727. The largest absolute Gasteiger partial charge is 0.380 e. The van der Waals surface area contributed by atoms with Crippen LogP contribution in [-0.4, -0.2) is 43.5 Å². The van der Waals surface area contributed by atoms with Crippen LogP contribution >= 0.6 is 0 Å². The monoisotopic (exact) mass is 288 g/mol. The molecule has 0 aliphatic carbocycles. The van der Waals surface area contributed by atoms with Crippen LogP contribution < -0.4 is 10.5 Å². The molecule has 1 aliphatic rings. The van der Waals surface area contributed by atoms with Crippen molar-refractivity contribution in [1.29, 1.82) is 0 Å². The van der Waals surface area contributed by atoms with Crippen LogP contribution in [-0.2, 0) is 21.3 Å². The number of nitrogens with one attached hydrogen (secondary N) is 1.